The highest BCUT2D eigenvalue weighted by atomic mass is 19.4. The lowest BCUT2D eigenvalue weighted by Gasteiger charge is -2.39. The Bertz CT molecular complexity index is 699. The van der Waals surface area contributed by atoms with E-state index in [0.717, 1.165) is 38.5 Å². The molecule has 0 bridgehead atoms. The quantitative estimate of drug-likeness (QED) is 0.640. The Morgan fingerprint density at radius 3 is 2.03 bits per heavy atom. The van der Waals surface area contributed by atoms with Gasteiger partial charge < -0.3 is 19.4 Å². The lowest BCUT2D eigenvalue weighted by Crippen LogP contribution is -2.53. The summed E-state index contributed by atoms with van der Waals surface area (Å²) in [5, 5.41) is 14.2. The average molecular weight is 478 g/mol. The number of aliphatic carboxylic acids is 2. The van der Waals surface area contributed by atoms with Gasteiger partial charge in [-0.1, -0.05) is 0 Å². The summed E-state index contributed by atoms with van der Waals surface area (Å²) in [6.45, 7) is 9.49. The fraction of sp³-hybridized carbons (Fsp3) is 0.667. The summed E-state index contributed by atoms with van der Waals surface area (Å²) in [5.41, 5.74) is 0. The van der Waals surface area contributed by atoms with Crippen molar-refractivity contribution in [3.8, 4) is 0 Å². The second-order valence-corrected chi connectivity index (χ2v) is 7.19. The van der Waals surface area contributed by atoms with Gasteiger partial charge in [0.05, 0.1) is 31.6 Å². The van der Waals surface area contributed by atoms with Crippen molar-refractivity contribution in [1.29, 1.82) is 0 Å². The Labute approximate surface area is 179 Å². The molecule has 3 heterocycles. The highest BCUT2D eigenvalue weighted by Gasteiger charge is 2.41. The highest BCUT2D eigenvalue weighted by Crippen LogP contribution is 2.25. The molecular formula is C18H24F6N2O6. The molecule has 2 aliphatic rings. The standard InChI is InChI=1S/C14H22N2O2.2C2HF3O2/c1-11(2)16-5-7-18-14-10-15(9-13(14)16)8-12-4-3-6-17-12;2*3-2(4,5)1(6)7/h3-4,6,11,13-14H,5,7-10H2,1-2H3;2*(H,6,7)/t13-,14+;;/m1../s1. The summed E-state index contributed by atoms with van der Waals surface area (Å²) in [5.74, 6) is -4.47. The van der Waals surface area contributed by atoms with Gasteiger partial charge in [0.2, 0.25) is 0 Å². The molecule has 1 aromatic rings. The van der Waals surface area contributed by atoms with E-state index in [9.17, 15) is 26.3 Å². The molecule has 0 amide bonds. The molecule has 0 spiro atoms. The van der Waals surface area contributed by atoms with E-state index in [1.165, 1.54) is 0 Å². The molecule has 14 heteroatoms. The molecule has 2 fully saturated rings. The number of likely N-dealkylation sites (tertiary alicyclic amines) is 1. The van der Waals surface area contributed by atoms with E-state index in [1.807, 2.05) is 12.1 Å². The molecule has 2 N–H and O–H groups in total. The average Bonchev–Trinajstić information content (AvgIpc) is 3.29. The second-order valence-electron chi connectivity index (χ2n) is 7.19. The first kappa shape index (κ1) is 27.7. The van der Waals surface area contributed by atoms with Crippen LogP contribution in [0.3, 0.4) is 0 Å². The number of alkyl halides is 6. The van der Waals surface area contributed by atoms with Crippen LogP contribution in [0.25, 0.3) is 0 Å². The summed E-state index contributed by atoms with van der Waals surface area (Å²) in [6, 6.07) is 5.15. The maximum absolute atomic E-state index is 10.6. The molecule has 0 radical (unpaired) electrons. The first-order valence-electron chi connectivity index (χ1n) is 9.35. The number of fused-ring (bicyclic) bond motifs is 1. The van der Waals surface area contributed by atoms with Gasteiger partial charge in [-0.25, -0.2) is 9.59 Å². The van der Waals surface area contributed by atoms with E-state index in [4.69, 9.17) is 29.0 Å². The van der Waals surface area contributed by atoms with Crippen LogP contribution in [0.5, 0.6) is 0 Å². The zero-order valence-corrected chi connectivity index (χ0v) is 17.2. The summed E-state index contributed by atoms with van der Waals surface area (Å²) < 4.78 is 74.8. The zero-order chi connectivity index (χ0) is 24.7. The molecule has 184 valence electrons. The summed E-state index contributed by atoms with van der Waals surface area (Å²) >= 11 is 0. The molecule has 3 rings (SSSR count). The van der Waals surface area contributed by atoms with Crippen molar-refractivity contribution in [2.75, 3.05) is 26.2 Å². The minimum Gasteiger partial charge on any atom is -0.475 e. The molecule has 32 heavy (non-hydrogen) atoms. The molecule has 0 aromatic carbocycles. The summed E-state index contributed by atoms with van der Waals surface area (Å²) in [6.07, 6.45) is -8.05. The van der Waals surface area contributed by atoms with E-state index in [1.54, 1.807) is 6.26 Å². The third kappa shape index (κ3) is 9.04. The number of hydrogen-bond donors (Lipinski definition) is 2. The van der Waals surface area contributed by atoms with Crippen molar-refractivity contribution in [3.63, 3.8) is 0 Å². The van der Waals surface area contributed by atoms with E-state index >= 15 is 0 Å². The van der Waals surface area contributed by atoms with Gasteiger partial charge in [0.15, 0.2) is 0 Å². The first-order chi connectivity index (χ1) is 14.6. The van der Waals surface area contributed by atoms with Gasteiger partial charge in [0.1, 0.15) is 5.76 Å². The van der Waals surface area contributed by atoms with Crippen LogP contribution in [0.15, 0.2) is 22.8 Å². The number of hydrogen-bond acceptors (Lipinski definition) is 6. The smallest absolute Gasteiger partial charge is 0.475 e. The lowest BCUT2D eigenvalue weighted by molar-refractivity contribution is -0.193. The number of carboxylic acids is 2. The third-order valence-electron chi connectivity index (χ3n) is 4.53. The van der Waals surface area contributed by atoms with E-state index in [0.29, 0.717) is 18.2 Å². The number of furan rings is 1. The van der Waals surface area contributed by atoms with E-state index < -0.39 is 24.3 Å². The van der Waals surface area contributed by atoms with Crippen molar-refractivity contribution in [2.45, 2.75) is 50.9 Å². The van der Waals surface area contributed by atoms with Crippen LogP contribution in [0.4, 0.5) is 26.3 Å². The number of nitrogens with zero attached hydrogens (tertiary/aromatic N) is 2. The predicted molar refractivity (Wildman–Crippen MR) is 96.7 cm³/mol. The van der Waals surface area contributed by atoms with Crippen LogP contribution in [0.1, 0.15) is 19.6 Å². The second kappa shape index (κ2) is 11.5. The molecule has 2 saturated heterocycles. The predicted octanol–water partition coefficient (Wildman–Crippen LogP) is 2.84. The van der Waals surface area contributed by atoms with Crippen LogP contribution < -0.4 is 0 Å². The maximum atomic E-state index is 10.6. The summed E-state index contributed by atoms with van der Waals surface area (Å²) in [4.78, 5) is 22.8. The van der Waals surface area contributed by atoms with Crippen molar-refractivity contribution in [2.24, 2.45) is 0 Å². The molecule has 1 aromatic heterocycles. The minimum absolute atomic E-state index is 0.371. The van der Waals surface area contributed by atoms with Crippen LogP contribution >= 0.6 is 0 Å². The Kier molecular flexibility index (Phi) is 9.97. The highest BCUT2D eigenvalue weighted by molar-refractivity contribution is 5.73. The zero-order valence-electron chi connectivity index (χ0n) is 17.2. The van der Waals surface area contributed by atoms with Crippen LogP contribution in [0, 0.1) is 0 Å². The number of halogens is 6. The molecule has 0 aliphatic carbocycles. The van der Waals surface area contributed by atoms with Gasteiger partial charge in [-0.3, -0.25) is 9.80 Å². The van der Waals surface area contributed by atoms with Crippen molar-refractivity contribution < 1.29 is 55.3 Å². The molecule has 2 aliphatic heterocycles. The molecule has 0 saturated carbocycles. The third-order valence-corrected chi connectivity index (χ3v) is 4.53. The van der Waals surface area contributed by atoms with Crippen molar-refractivity contribution in [3.05, 3.63) is 24.2 Å². The summed E-state index contributed by atoms with van der Waals surface area (Å²) in [7, 11) is 0. The van der Waals surface area contributed by atoms with Crippen LogP contribution in [0.2, 0.25) is 0 Å². The number of carboxylic acid groups (broad SMARTS) is 2. The largest absolute Gasteiger partial charge is 0.490 e. The Balaban J connectivity index is 0.000000305. The molecule has 8 nitrogen and oxygen atoms in total. The van der Waals surface area contributed by atoms with Crippen LogP contribution in [-0.4, -0.2) is 88.7 Å². The van der Waals surface area contributed by atoms with Gasteiger partial charge >= 0.3 is 24.3 Å². The Morgan fingerprint density at radius 2 is 1.62 bits per heavy atom. The van der Waals surface area contributed by atoms with Gasteiger partial charge in [-0.2, -0.15) is 26.3 Å². The van der Waals surface area contributed by atoms with Crippen LogP contribution in [-0.2, 0) is 20.9 Å². The lowest BCUT2D eigenvalue weighted by atomic mass is 10.1. The van der Waals surface area contributed by atoms with Crippen molar-refractivity contribution in [1.82, 2.24) is 9.80 Å². The number of ether oxygens (including phenoxy) is 1. The molecule has 0 unspecified atom stereocenters. The minimum atomic E-state index is -5.08. The first-order valence-corrected chi connectivity index (χ1v) is 9.35. The number of rotatable bonds is 3. The van der Waals surface area contributed by atoms with Gasteiger partial charge in [-0.05, 0) is 26.0 Å². The fourth-order valence-corrected chi connectivity index (χ4v) is 3.18. The maximum Gasteiger partial charge on any atom is 0.490 e. The normalized spacial score (nSPS) is 21.8. The fourth-order valence-electron chi connectivity index (χ4n) is 3.18. The van der Waals surface area contributed by atoms with Crippen molar-refractivity contribution >= 4 is 11.9 Å². The number of carbonyl (C=O) groups is 2. The van der Waals surface area contributed by atoms with Gasteiger partial charge in [0, 0.05) is 25.7 Å². The van der Waals surface area contributed by atoms with Gasteiger partial charge in [0.25, 0.3) is 0 Å². The van der Waals surface area contributed by atoms with Gasteiger partial charge in [-0.15, -0.1) is 0 Å². The topological polar surface area (TPSA) is 103 Å². The Morgan fingerprint density at radius 1 is 1.09 bits per heavy atom. The Hall–Kier alpha value is -2.32. The molecule has 2 atom stereocenters. The monoisotopic (exact) mass is 478 g/mol. The SMILES string of the molecule is CC(C)N1CCO[C@H]2CN(Cc3ccco3)C[C@H]21.O=C(O)C(F)(F)F.O=C(O)C(F)(F)F. The number of morpholine rings is 1. The van der Waals surface area contributed by atoms with E-state index in [2.05, 4.69) is 23.6 Å². The molecular weight excluding hydrogens is 454 g/mol. The van der Waals surface area contributed by atoms with E-state index in [-0.39, 0.29) is 0 Å².